The number of nitrogens with one attached hydrogen (secondary N) is 1. The zero-order chi connectivity index (χ0) is 15.7. The van der Waals surface area contributed by atoms with Gasteiger partial charge < -0.3 is 16.2 Å². The summed E-state index contributed by atoms with van der Waals surface area (Å²) in [6.45, 7) is 0.428. The minimum atomic E-state index is -3.48. The standard InChI is InChI=1S/C14H23N3O3S/c1-17(2)21(19,20)11-5-6-13(12(15)9-11)16-10-14(18)7-3-4-8-14/h5-6,9,16,18H,3-4,7-8,10,15H2,1-2H3. The molecule has 1 fully saturated rings. The van der Waals surface area contributed by atoms with E-state index in [2.05, 4.69) is 5.32 Å². The molecule has 0 radical (unpaired) electrons. The van der Waals surface area contributed by atoms with Crippen LogP contribution in [0.3, 0.4) is 0 Å². The van der Waals surface area contributed by atoms with Crippen LogP contribution in [-0.2, 0) is 10.0 Å². The van der Waals surface area contributed by atoms with Crippen molar-refractivity contribution in [1.82, 2.24) is 4.31 Å². The van der Waals surface area contributed by atoms with Crippen LogP contribution in [0.5, 0.6) is 0 Å². The predicted molar refractivity (Wildman–Crippen MR) is 83.6 cm³/mol. The molecule has 21 heavy (non-hydrogen) atoms. The molecule has 2 rings (SSSR count). The van der Waals surface area contributed by atoms with Gasteiger partial charge in [0, 0.05) is 20.6 Å². The first-order valence-corrected chi connectivity index (χ1v) is 8.47. The zero-order valence-electron chi connectivity index (χ0n) is 12.5. The van der Waals surface area contributed by atoms with E-state index < -0.39 is 15.6 Å². The second kappa shape index (κ2) is 5.82. The average Bonchev–Trinajstić information content (AvgIpc) is 2.84. The average molecular weight is 313 g/mol. The lowest BCUT2D eigenvalue weighted by Gasteiger charge is -2.23. The molecule has 0 spiro atoms. The van der Waals surface area contributed by atoms with Gasteiger partial charge in [0.25, 0.3) is 0 Å². The quantitative estimate of drug-likeness (QED) is 0.711. The van der Waals surface area contributed by atoms with Gasteiger partial charge in [0.05, 0.1) is 21.9 Å². The third kappa shape index (κ3) is 3.48. The highest BCUT2D eigenvalue weighted by molar-refractivity contribution is 7.89. The summed E-state index contributed by atoms with van der Waals surface area (Å²) in [6, 6.07) is 4.60. The summed E-state index contributed by atoms with van der Waals surface area (Å²) in [5, 5.41) is 13.4. The minimum absolute atomic E-state index is 0.162. The largest absolute Gasteiger partial charge is 0.397 e. The lowest BCUT2D eigenvalue weighted by Crippen LogP contribution is -2.33. The van der Waals surface area contributed by atoms with Crippen LogP contribution in [0.1, 0.15) is 25.7 Å². The van der Waals surface area contributed by atoms with E-state index in [1.165, 1.54) is 26.2 Å². The Morgan fingerprint density at radius 2 is 1.95 bits per heavy atom. The molecule has 1 aromatic carbocycles. The van der Waals surface area contributed by atoms with E-state index in [9.17, 15) is 13.5 Å². The number of nitrogens with zero attached hydrogens (tertiary/aromatic N) is 1. The molecule has 1 aromatic rings. The first-order chi connectivity index (χ1) is 9.74. The Morgan fingerprint density at radius 3 is 2.48 bits per heavy atom. The molecule has 1 aliphatic carbocycles. The van der Waals surface area contributed by atoms with E-state index in [1.54, 1.807) is 6.07 Å². The molecule has 1 aliphatic rings. The smallest absolute Gasteiger partial charge is 0.242 e. The monoisotopic (exact) mass is 313 g/mol. The molecule has 0 atom stereocenters. The van der Waals surface area contributed by atoms with Crippen molar-refractivity contribution < 1.29 is 13.5 Å². The van der Waals surface area contributed by atoms with Crippen molar-refractivity contribution in [3.63, 3.8) is 0 Å². The number of aliphatic hydroxyl groups is 1. The Kier molecular flexibility index (Phi) is 4.46. The molecule has 7 heteroatoms. The van der Waals surface area contributed by atoms with Crippen LogP contribution in [-0.4, -0.2) is 44.1 Å². The molecule has 0 bridgehead atoms. The second-order valence-corrected chi connectivity index (χ2v) is 7.97. The van der Waals surface area contributed by atoms with Crippen LogP contribution >= 0.6 is 0 Å². The first-order valence-electron chi connectivity index (χ1n) is 7.03. The second-order valence-electron chi connectivity index (χ2n) is 5.82. The number of rotatable bonds is 5. The molecule has 0 saturated heterocycles. The Labute approximate surface area is 126 Å². The van der Waals surface area contributed by atoms with Crippen LogP contribution in [0.4, 0.5) is 11.4 Å². The van der Waals surface area contributed by atoms with Crippen LogP contribution in [0.2, 0.25) is 0 Å². The van der Waals surface area contributed by atoms with Crippen molar-refractivity contribution in [2.45, 2.75) is 36.2 Å². The molecule has 0 heterocycles. The topological polar surface area (TPSA) is 95.7 Å². The minimum Gasteiger partial charge on any atom is -0.397 e. The van der Waals surface area contributed by atoms with Gasteiger partial charge in [-0.25, -0.2) is 12.7 Å². The van der Waals surface area contributed by atoms with Gasteiger partial charge in [-0.3, -0.25) is 0 Å². The van der Waals surface area contributed by atoms with Crippen molar-refractivity contribution >= 4 is 21.4 Å². The summed E-state index contributed by atoms with van der Waals surface area (Å²) in [7, 11) is -0.524. The van der Waals surface area contributed by atoms with Gasteiger partial charge in [-0.05, 0) is 31.0 Å². The SMILES string of the molecule is CN(C)S(=O)(=O)c1ccc(NCC2(O)CCCC2)c(N)c1. The van der Waals surface area contributed by atoms with Crippen molar-refractivity contribution in [3.8, 4) is 0 Å². The molecular formula is C14H23N3O3S. The lowest BCUT2D eigenvalue weighted by molar-refractivity contribution is 0.0615. The summed E-state index contributed by atoms with van der Waals surface area (Å²) < 4.78 is 25.2. The number of nitrogens with two attached hydrogens (primary N) is 1. The van der Waals surface area contributed by atoms with E-state index in [-0.39, 0.29) is 4.90 Å². The van der Waals surface area contributed by atoms with Gasteiger partial charge in [0.2, 0.25) is 10.0 Å². The fourth-order valence-corrected chi connectivity index (χ4v) is 3.48. The van der Waals surface area contributed by atoms with Gasteiger partial charge in [0.1, 0.15) is 0 Å². The van der Waals surface area contributed by atoms with E-state index in [4.69, 9.17) is 5.73 Å². The number of nitrogen functional groups attached to an aromatic ring is 1. The normalized spacial score (nSPS) is 18.1. The highest BCUT2D eigenvalue weighted by Gasteiger charge is 2.30. The molecule has 118 valence electrons. The third-order valence-corrected chi connectivity index (χ3v) is 5.75. The fraction of sp³-hybridized carbons (Fsp3) is 0.571. The molecule has 0 unspecified atom stereocenters. The highest BCUT2D eigenvalue weighted by atomic mass is 32.2. The predicted octanol–water partition coefficient (Wildman–Crippen LogP) is 1.24. The number of hydrogen-bond donors (Lipinski definition) is 3. The van der Waals surface area contributed by atoms with Gasteiger partial charge >= 0.3 is 0 Å². The van der Waals surface area contributed by atoms with E-state index in [0.717, 1.165) is 30.0 Å². The number of anilines is 2. The fourth-order valence-electron chi connectivity index (χ4n) is 2.54. The third-order valence-electron chi connectivity index (χ3n) is 3.94. The number of hydrogen-bond acceptors (Lipinski definition) is 5. The van der Waals surface area contributed by atoms with Crippen LogP contribution < -0.4 is 11.1 Å². The Morgan fingerprint density at radius 1 is 1.33 bits per heavy atom. The number of sulfonamides is 1. The molecule has 0 aliphatic heterocycles. The van der Waals surface area contributed by atoms with E-state index in [1.807, 2.05) is 0 Å². The van der Waals surface area contributed by atoms with Gasteiger partial charge in [-0.1, -0.05) is 12.8 Å². The molecule has 0 aromatic heterocycles. The van der Waals surface area contributed by atoms with Crippen LogP contribution in [0.25, 0.3) is 0 Å². The molecular weight excluding hydrogens is 290 g/mol. The summed E-state index contributed by atoms with van der Waals surface area (Å²) in [4.78, 5) is 0.162. The number of benzene rings is 1. The maximum absolute atomic E-state index is 12.0. The van der Waals surface area contributed by atoms with Gasteiger partial charge in [-0.15, -0.1) is 0 Å². The van der Waals surface area contributed by atoms with E-state index >= 15 is 0 Å². The zero-order valence-corrected chi connectivity index (χ0v) is 13.3. The van der Waals surface area contributed by atoms with Gasteiger partial charge in [-0.2, -0.15) is 0 Å². The van der Waals surface area contributed by atoms with Gasteiger partial charge in [0.15, 0.2) is 0 Å². The molecule has 6 nitrogen and oxygen atoms in total. The van der Waals surface area contributed by atoms with Crippen molar-refractivity contribution in [2.75, 3.05) is 31.7 Å². The van der Waals surface area contributed by atoms with Crippen molar-refractivity contribution in [3.05, 3.63) is 18.2 Å². The first kappa shape index (κ1) is 16.1. The lowest BCUT2D eigenvalue weighted by atomic mass is 10.0. The Balaban J connectivity index is 2.13. The molecule has 1 saturated carbocycles. The molecule has 4 N–H and O–H groups in total. The summed E-state index contributed by atoms with van der Waals surface area (Å²) in [6.07, 6.45) is 3.64. The maximum Gasteiger partial charge on any atom is 0.242 e. The molecule has 0 amide bonds. The highest BCUT2D eigenvalue weighted by Crippen LogP contribution is 2.31. The summed E-state index contributed by atoms with van der Waals surface area (Å²) >= 11 is 0. The maximum atomic E-state index is 12.0. The van der Waals surface area contributed by atoms with E-state index in [0.29, 0.717) is 17.9 Å². The van der Waals surface area contributed by atoms with Crippen LogP contribution in [0, 0.1) is 0 Å². The van der Waals surface area contributed by atoms with Crippen molar-refractivity contribution in [2.24, 2.45) is 0 Å². The Bertz CT molecular complexity index is 608. The summed E-state index contributed by atoms with van der Waals surface area (Å²) in [5.41, 5.74) is 6.25. The van der Waals surface area contributed by atoms with Crippen LogP contribution in [0.15, 0.2) is 23.1 Å². The Hall–Kier alpha value is -1.31. The summed E-state index contributed by atoms with van der Waals surface area (Å²) in [5.74, 6) is 0. The van der Waals surface area contributed by atoms with Crippen molar-refractivity contribution in [1.29, 1.82) is 0 Å².